The first kappa shape index (κ1) is 13.6. The van der Waals surface area contributed by atoms with Crippen molar-refractivity contribution in [1.29, 1.82) is 0 Å². The first-order chi connectivity index (χ1) is 3.79. The molecule has 1 aliphatic rings. The maximum absolute atomic E-state index is 5.29. The second-order valence-corrected chi connectivity index (χ2v) is 2.98. The van der Waals surface area contributed by atoms with Crippen molar-refractivity contribution in [3.63, 3.8) is 0 Å². The van der Waals surface area contributed by atoms with E-state index in [0.29, 0.717) is 0 Å². The van der Waals surface area contributed by atoms with Gasteiger partial charge in [-0.05, 0) is 18.3 Å². The Morgan fingerprint density at radius 3 is 1.70 bits per heavy atom. The number of hydrogen-bond donors (Lipinski definition) is 0. The summed E-state index contributed by atoms with van der Waals surface area (Å²) < 4.78 is 5.29. The van der Waals surface area contributed by atoms with Crippen molar-refractivity contribution in [2.24, 2.45) is 11.8 Å². The van der Waals surface area contributed by atoms with Gasteiger partial charge in [-0.25, -0.2) is 0 Å². The Morgan fingerprint density at radius 2 is 1.50 bits per heavy atom. The van der Waals surface area contributed by atoms with Gasteiger partial charge in [-0.3, -0.25) is 0 Å². The molecule has 1 saturated heterocycles. The number of hydrogen-bond acceptors (Lipinski definition) is 1. The fourth-order valence-electron chi connectivity index (χ4n) is 1.29. The minimum atomic E-state index is 0. The van der Waals surface area contributed by atoms with Crippen LogP contribution in [-0.4, -0.2) is 18.7 Å². The van der Waals surface area contributed by atoms with Gasteiger partial charge in [0.25, 0.3) is 0 Å². The van der Waals surface area contributed by atoms with Crippen LogP contribution >= 0.6 is 0 Å². The van der Waals surface area contributed by atoms with E-state index in [4.69, 9.17) is 4.74 Å². The zero-order valence-electron chi connectivity index (χ0n) is 6.68. The standard InChI is InChI=1S/C7H14O.H2O.U/c1-6-3-7(2)5-8-4-6;;/h6-7H,3-5H2,1-2H3;1H2;/t6-,7+;;. The Morgan fingerprint density at radius 1 is 1.10 bits per heavy atom. The molecule has 2 nitrogen and oxygen atoms in total. The van der Waals surface area contributed by atoms with E-state index in [0.717, 1.165) is 25.0 Å². The summed E-state index contributed by atoms with van der Waals surface area (Å²) in [6, 6.07) is 0. The summed E-state index contributed by atoms with van der Waals surface area (Å²) in [4.78, 5) is 0. The Hall–Kier alpha value is 0.972. The molecule has 0 aromatic carbocycles. The number of rotatable bonds is 0. The monoisotopic (exact) mass is 370 g/mol. The van der Waals surface area contributed by atoms with Crippen LogP contribution in [0.15, 0.2) is 0 Å². The van der Waals surface area contributed by atoms with E-state index in [2.05, 4.69) is 13.8 Å². The predicted molar refractivity (Wildman–Crippen MR) is 37.4 cm³/mol. The van der Waals surface area contributed by atoms with Crippen molar-refractivity contribution in [2.45, 2.75) is 20.3 Å². The fraction of sp³-hybridized carbons (Fsp3) is 1.00. The zero-order valence-corrected chi connectivity index (χ0v) is 10.8. The molecule has 0 aromatic heterocycles. The fourth-order valence-corrected chi connectivity index (χ4v) is 1.29. The summed E-state index contributed by atoms with van der Waals surface area (Å²) in [6.07, 6.45) is 1.35. The molecule has 1 aliphatic heterocycles. The third kappa shape index (κ3) is 4.74. The van der Waals surface area contributed by atoms with Gasteiger partial charge >= 0.3 is 0 Å². The second-order valence-electron chi connectivity index (χ2n) is 2.98. The van der Waals surface area contributed by atoms with Crippen LogP contribution in [0.2, 0.25) is 0 Å². The Balaban J connectivity index is 0. The second kappa shape index (κ2) is 6.67. The summed E-state index contributed by atoms with van der Waals surface area (Å²) in [5.41, 5.74) is 0. The minimum absolute atomic E-state index is 0. The van der Waals surface area contributed by atoms with Crippen LogP contribution in [0.1, 0.15) is 20.3 Å². The summed E-state index contributed by atoms with van der Waals surface area (Å²) in [7, 11) is 0. The zero-order chi connectivity index (χ0) is 5.98. The summed E-state index contributed by atoms with van der Waals surface area (Å²) in [5.74, 6) is 1.58. The maximum atomic E-state index is 5.29. The van der Waals surface area contributed by atoms with Crippen LogP contribution in [0.25, 0.3) is 0 Å². The molecule has 0 unspecified atom stereocenters. The van der Waals surface area contributed by atoms with Crippen molar-refractivity contribution < 1.29 is 41.3 Å². The molecule has 2 N–H and O–H groups in total. The molecule has 1 fully saturated rings. The van der Waals surface area contributed by atoms with E-state index in [1.54, 1.807) is 0 Å². The van der Waals surface area contributed by atoms with E-state index < -0.39 is 0 Å². The topological polar surface area (TPSA) is 40.7 Å². The molecule has 0 aromatic rings. The van der Waals surface area contributed by atoms with E-state index >= 15 is 0 Å². The third-order valence-electron chi connectivity index (χ3n) is 1.61. The third-order valence-corrected chi connectivity index (χ3v) is 1.61. The summed E-state index contributed by atoms with van der Waals surface area (Å²) in [5, 5.41) is 0. The molecule has 0 bridgehead atoms. The average Bonchev–Trinajstić information content (AvgIpc) is 1.64. The van der Waals surface area contributed by atoms with Gasteiger partial charge in [-0.1, -0.05) is 13.8 Å². The van der Waals surface area contributed by atoms with Gasteiger partial charge in [-0.15, -0.1) is 0 Å². The molecule has 0 radical (unpaired) electrons. The van der Waals surface area contributed by atoms with Crippen molar-refractivity contribution in [1.82, 2.24) is 0 Å². The van der Waals surface area contributed by atoms with E-state index in [9.17, 15) is 0 Å². The van der Waals surface area contributed by atoms with E-state index in [1.165, 1.54) is 6.42 Å². The minimum Gasteiger partial charge on any atom is -0.412 e. The molecule has 0 amide bonds. The van der Waals surface area contributed by atoms with Crippen molar-refractivity contribution in [3.05, 3.63) is 0 Å². The Kier molecular flexibility index (Phi) is 9.04. The molecule has 0 saturated carbocycles. The summed E-state index contributed by atoms with van der Waals surface area (Å²) >= 11 is 0. The molecule has 60 valence electrons. The summed E-state index contributed by atoms with van der Waals surface area (Å²) in [6.45, 7) is 6.44. The SMILES string of the molecule is C[C@@H]1COC[C@H](C)C1.O.[U]. The average molecular weight is 370 g/mol. The molecule has 1 rings (SSSR count). The molecule has 0 aliphatic carbocycles. The van der Waals surface area contributed by atoms with Gasteiger partial charge in [0.15, 0.2) is 0 Å². The van der Waals surface area contributed by atoms with Crippen LogP contribution in [0, 0.1) is 42.9 Å². The van der Waals surface area contributed by atoms with Gasteiger partial charge in [0.1, 0.15) is 0 Å². The molecule has 10 heavy (non-hydrogen) atoms. The van der Waals surface area contributed by atoms with Crippen LogP contribution in [0.4, 0.5) is 0 Å². The molecule has 0 spiro atoms. The molecular formula is C7H16O2U. The van der Waals surface area contributed by atoms with Gasteiger partial charge < -0.3 is 10.2 Å². The quantitative estimate of drug-likeness (QED) is 0.624. The van der Waals surface area contributed by atoms with Crippen molar-refractivity contribution >= 4 is 0 Å². The maximum Gasteiger partial charge on any atom is 0.0491 e. The first-order valence-corrected chi connectivity index (χ1v) is 3.37. The Bertz CT molecular complexity index is 70.0. The van der Waals surface area contributed by atoms with Crippen LogP contribution in [-0.2, 0) is 4.74 Å². The molecule has 3 heteroatoms. The van der Waals surface area contributed by atoms with Gasteiger partial charge in [0.2, 0.25) is 0 Å². The molecule has 2 atom stereocenters. The number of ether oxygens (including phenoxy) is 1. The first-order valence-electron chi connectivity index (χ1n) is 3.37. The van der Waals surface area contributed by atoms with Crippen molar-refractivity contribution in [3.8, 4) is 0 Å². The van der Waals surface area contributed by atoms with Crippen molar-refractivity contribution in [2.75, 3.05) is 13.2 Å². The normalized spacial score (nSPS) is 31.8. The van der Waals surface area contributed by atoms with Crippen LogP contribution in [0.3, 0.4) is 0 Å². The largest absolute Gasteiger partial charge is 0.412 e. The smallest absolute Gasteiger partial charge is 0.0491 e. The molecule has 1 heterocycles. The Labute approximate surface area is 86.4 Å². The molecular weight excluding hydrogens is 354 g/mol. The van der Waals surface area contributed by atoms with Gasteiger partial charge in [0.05, 0.1) is 0 Å². The van der Waals surface area contributed by atoms with Gasteiger partial charge in [0, 0.05) is 44.3 Å². The van der Waals surface area contributed by atoms with E-state index in [-0.39, 0.29) is 36.6 Å². The van der Waals surface area contributed by atoms with Crippen LogP contribution < -0.4 is 0 Å². The van der Waals surface area contributed by atoms with Crippen LogP contribution in [0.5, 0.6) is 0 Å². The predicted octanol–water partition coefficient (Wildman–Crippen LogP) is 0.854. The van der Waals surface area contributed by atoms with Gasteiger partial charge in [-0.2, -0.15) is 0 Å². The van der Waals surface area contributed by atoms with E-state index in [1.807, 2.05) is 0 Å².